The van der Waals surface area contributed by atoms with Gasteiger partial charge in [-0.1, -0.05) is 36.4 Å². The van der Waals surface area contributed by atoms with Gasteiger partial charge in [-0.3, -0.25) is 4.79 Å². The molecule has 0 aliphatic carbocycles. The zero-order valence-corrected chi connectivity index (χ0v) is 13.4. The van der Waals surface area contributed by atoms with E-state index >= 15 is 0 Å². The van der Waals surface area contributed by atoms with E-state index in [-0.39, 0.29) is 11.7 Å². The second-order valence-corrected chi connectivity index (χ2v) is 6.20. The van der Waals surface area contributed by atoms with Crippen LogP contribution in [0.25, 0.3) is 10.8 Å². The molecular formula is C18H16N2O2S. The molecule has 0 atom stereocenters. The topological polar surface area (TPSA) is 61.7 Å². The molecule has 0 radical (unpaired) electrons. The van der Waals surface area contributed by atoms with Gasteiger partial charge in [0.1, 0.15) is 5.75 Å². The predicted octanol–water partition coefficient (Wildman–Crippen LogP) is 3.69. The first-order valence-electron chi connectivity index (χ1n) is 7.22. The Morgan fingerprint density at radius 3 is 2.78 bits per heavy atom. The van der Waals surface area contributed by atoms with E-state index < -0.39 is 0 Å². The van der Waals surface area contributed by atoms with E-state index in [1.54, 1.807) is 6.92 Å². The van der Waals surface area contributed by atoms with Crippen LogP contribution in [0.15, 0.2) is 59.0 Å². The van der Waals surface area contributed by atoms with E-state index in [1.165, 1.54) is 11.3 Å². The van der Waals surface area contributed by atoms with Crippen molar-refractivity contribution in [2.75, 3.05) is 0 Å². The van der Waals surface area contributed by atoms with E-state index in [9.17, 15) is 9.90 Å². The Morgan fingerprint density at radius 2 is 2.00 bits per heavy atom. The van der Waals surface area contributed by atoms with Crippen molar-refractivity contribution in [3.8, 4) is 5.75 Å². The number of carbonyl (C=O) groups is 1. The zero-order chi connectivity index (χ0) is 16.2. The van der Waals surface area contributed by atoms with Crippen LogP contribution >= 0.6 is 11.3 Å². The quantitative estimate of drug-likeness (QED) is 0.568. The van der Waals surface area contributed by atoms with Gasteiger partial charge in [0.2, 0.25) is 5.91 Å². The fraction of sp³-hybridized carbons (Fsp3) is 0.111. The van der Waals surface area contributed by atoms with E-state index in [1.807, 2.05) is 53.9 Å². The Balaban J connectivity index is 1.78. The number of hydrogen-bond donors (Lipinski definition) is 2. The first-order chi connectivity index (χ1) is 11.1. The largest absolute Gasteiger partial charge is 0.507 e. The number of nitrogens with one attached hydrogen (secondary N) is 1. The molecule has 2 N–H and O–H groups in total. The molecule has 0 spiro atoms. The summed E-state index contributed by atoms with van der Waals surface area (Å²) in [4.78, 5) is 12.9. The molecular weight excluding hydrogens is 308 g/mol. The number of fused-ring (bicyclic) bond motifs is 1. The predicted molar refractivity (Wildman–Crippen MR) is 94.0 cm³/mol. The minimum Gasteiger partial charge on any atom is -0.507 e. The minimum atomic E-state index is -0.174. The third-order valence-electron chi connectivity index (χ3n) is 3.55. The molecule has 2 aromatic carbocycles. The average Bonchev–Trinajstić information content (AvgIpc) is 3.06. The summed E-state index contributed by atoms with van der Waals surface area (Å²) in [7, 11) is 0. The van der Waals surface area contributed by atoms with Gasteiger partial charge >= 0.3 is 0 Å². The zero-order valence-electron chi connectivity index (χ0n) is 12.6. The Labute approximate surface area is 138 Å². The van der Waals surface area contributed by atoms with Crippen LogP contribution in [0.1, 0.15) is 17.4 Å². The molecule has 4 nitrogen and oxygen atoms in total. The van der Waals surface area contributed by atoms with Crippen molar-refractivity contribution in [3.05, 3.63) is 64.4 Å². The highest BCUT2D eigenvalue weighted by atomic mass is 32.1. The van der Waals surface area contributed by atoms with Crippen molar-refractivity contribution >= 4 is 33.7 Å². The highest BCUT2D eigenvalue weighted by Crippen LogP contribution is 2.28. The van der Waals surface area contributed by atoms with Gasteiger partial charge < -0.3 is 5.11 Å². The summed E-state index contributed by atoms with van der Waals surface area (Å²) >= 11 is 1.54. The van der Waals surface area contributed by atoms with Gasteiger partial charge in [0.25, 0.3) is 0 Å². The van der Waals surface area contributed by atoms with Crippen LogP contribution in [0, 0.1) is 0 Å². The number of thiophene rings is 1. The third kappa shape index (κ3) is 3.40. The van der Waals surface area contributed by atoms with Crippen molar-refractivity contribution in [1.82, 2.24) is 5.43 Å². The number of nitrogens with zero attached hydrogens (tertiary/aromatic N) is 1. The molecule has 0 fully saturated rings. The second kappa shape index (κ2) is 6.62. The fourth-order valence-corrected chi connectivity index (χ4v) is 3.07. The second-order valence-electron chi connectivity index (χ2n) is 5.17. The van der Waals surface area contributed by atoms with Crippen LogP contribution in [0.4, 0.5) is 0 Å². The highest BCUT2D eigenvalue weighted by molar-refractivity contribution is 7.10. The summed E-state index contributed by atoms with van der Waals surface area (Å²) in [6.07, 6.45) is 0.304. The fourth-order valence-electron chi connectivity index (χ4n) is 2.36. The van der Waals surface area contributed by atoms with Crippen LogP contribution in [-0.2, 0) is 11.2 Å². The lowest BCUT2D eigenvalue weighted by molar-refractivity contribution is -0.120. The summed E-state index contributed by atoms with van der Waals surface area (Å²) in [5.74, 6) is 0.00364. The van der Waals surface area contributed by atoms with Crippen molar-refractivity contribution in [1.29, 1.82) is 0 Å². The highest BCUT2D eigenvalue weighted by Gasteiger charge is 2.09. The lowest BCUT2D eigenvalue weighted by atomic mass is 10.0. The minimum absolute atomic E-state index is 0.174. The number of hydrogen-bond acceptors (Lipinski definition) is 4. The van der Waals surface area contributed by atoms with Crippen LogP contribution in [0.5, 0.6) is 5.75 Å². The van der Waals surface area contributed by atoms with Crippen LogP contribution in [-0.4, -0.2) is 16.7 Å². The monoisotopic (exact) mass is 324 g/mol. The Bertz CT molecular complexity index is 870. The van der Waals surface area contributed by atoms with E-state index in [0.717, 1.165) is 15.6 Å². The van der Waals surface area contributed by atoms with Gasteiger partial charge in [0, 0.05) is 15.8 Å². The van der Waals surface area contributed by atoms with Crippen molar-refractivity contribution in [3.63, 3.8) is 0 Å². The maximum absolute atomic E-state index is 11.9. The third-order valence-corrected chi connectivity index (χ3v) is 4.43. The Hall–Kier alpha value is -2.66. The molecule has 1 heterocycles. The molecule has 0 saturated heterocycles. The summed E-state index contributed by atoms with van der Waals surface area (Å²) in [6, 6.07) is 15.2. The normalized spacial score (nSPS) is 11.6. The molecule has 1 aromatic heterocycles. The number of rotatable bonds is 4. The molecule has 0 saturated carbocycles. The summed E-state index contributed by atoms with van der Waals surface area (Å²) in [6.45, 7) is 1.76. The number of hydrazone groups is 1. The van der Waals surface area contributed by atoms with E-state index in [4.69, 9.17) is 0 Å². The van der Waals surface area contributed by atoms with Gasteiger partial charge in [0.15, 0.2) is 0 Å². The maximum atomic E-state index is 11.9. The Morgan fingerprint density at radius 1 is 1.17 bits per heavy atom. The standard InChI is InChI=1S/C18H16N2O2S/c1-12(19-20-17(21)11-14-6-4-10-23-14)15-9-8-13-5-2-3-7-16(13)18(15)22/h2-10,22H,11H2,1H3,(H,20,21)/b19-12+. The number of aromatic hydroxyl groups is 1. The SMILES string of the molecule is C/C(=N\NC(=O)Cc1cccs1)c1ccc2ccccc2c1O. The van der Waals surface area contributed by atoms with Gasteiger partial charge in [-0.05, 0) is 29.8 Å². The maximum Gasteiger partial charge on any atom is 0.245 e. The number of benzene rings is 2. The summed E-state index contributed by atoms with van der Waals surface area (Å²) < 4.78 is 0. The van der Waals surface area contributed by atoms with Crippen LogP contribution in [0.3, 0.4) is 0 Å². The molecule has 23 heavy (non-hydrogen) atoms. The van der Waals surface area contributed by atoms with Gasteiger partial charge in [-0.15, -0.1) is 11.3 Å². The van der Waals surface area contributed by atoms with Crippen LogP contribution < -0.4 is 5.43 Å². The van der Waals surface area contributed by atoms with Crippen LogP contribution in [0.2, 0.25) is 0 Å². The van der Waals surface area contributed by atoms with Crippen molar-refractivity contribution in [2.24, 2.45) is 5.10 Å². The molecule has 0 aliphatic heterocycles. The van der Waals surface area contributed by atoms with Gasteiger partial charge in [0.05, 0.1) is 12.1 Å². The first-order valence-corrected chi connectivity index (χ1v) is 8.09. The molecule has 0 aliphatic rings. The molecule has 1 amide bonds. The lowest BCUT2D eigenvalue weighted by Crippen LogP contribution is -2.20. The number of amides is 1. The average molecular weight is 324 g/mol. The number of carbonyl (C=O) groups excluding carboxylic acids is 1. The molecule has 116 valence electrons. The summed E-state index contributed by atoms with van der Waals surface area (Å²) in [5, 5.41) is 18.2. The Kier molecular flexibility index (Phi) is 4.39. The molecule has 3 rings (SSSR count). The van der Waals surface area contributed by atoms with E-state index in [0.29, 0.717) is 17.7 Å². The number of phenolic OH excluding ortho intramolecular Hbond substituents is 1. The first kappa shape index (κ1) is 15.2. The molecule has 0 unspecified atom stereocenters. The van der Waals surface area contributed by atoms with Gasteiger partial charge in [-0.2, -0.15) is 5.10 Å². The smallest absolute Gasteiger partial charge is 0.245 e. The number of phenols is 1. The van der Waals surface area contributed by atoms with Crippen molar-refractivity contribution < 1.29 is 9.90 Å². The summed E-state index contributed by atoms with van der Waals surface area (Å²) in [5.41, 5.74) is 3.71. The molecule has 3 aromatic rings. The van der Waals surface area contributed by atoms with E-state index in [2.05, 4.69) is 10.5 Å². The van der Waals surface area contributed by atoms with Crippen molar-refractivity contribution in [2.45, 2.75) is 13.3 Å². The molecule has 5 heteroatoms. The molecule has 0 bridgehead atoms. The lowest BCUT2D eigenvalue weighted by Gasteiger charge is -2.08. The van der Waals surface area contributed by atoms with Gasteiger partial charge in [-0.25, -0.2) is 5.43 Å².